The van der Waals surface area contributed by atoms with Crippen LogP contribution in [0.1, 0.15) is 25.2 Å². The molecule has 0 unspecified atom stereocenters. The van der Waals surface area contributed by atoms with Crippen LogP contribution in [-0.2, 0) is 13.0 Å². The Morgan fingerprint density at radius 2 is 2.06 bits per heavy atom. The summed E-state index contributed by atoms with van der Waals surface area (Å²) in [6, 6.07) is 0. The van der Waals surface area contributed by atoms with Gasteiger partial charge in [0, 0.05) is 30.9 Å². The highest BCUT2D eigenvalue weighted by Gasteiger charge is 2.13. The van der Waals surface area contributed by atoms with E-state index in [4.69, 9.17) is 5.73 Å². The number of hydrogen-bond donors (Lipinski definition) is 1. The molecule has 0 saturated heterocycles. The largest absolute Gasteiger partial charge is 0.383 e. The number of nitrogen functional groups attached to an aromatic ring is 1. The van der Waals surface area contributed by atoms with Gasteiger partial charge in [-0.2, -0.15) is 0 Å². The van der Waals surface area contributed by atoms with Gasteiger partial charge in [0.2, 0.25) is 0 Å². The van der Waals surface area contributed by atoms with Crippen molar-refractivity contribution in [3.8, 4) is 11.5 Å². The van der Waals surface area contributed by atoms with E-state index in [2.05, 4.69) is 21.9 Å². The van der Waals surface area contributed by atoms with Gasteiger partial charge in [0.25, 0.3) is 0 Å². The molecule has 0 saturated carbocycles. The zero-order chi connectivity index (χ0) is 12.4. The molecule has 0 spiro atoms. The summed E-state index contributed by atoms with van der Waals surface area (Å²) in [5.74, 6) is 2.15. The van der Waals surface area contributed by atoms with Gasteiger partial charge in [-0.1, -0.05) is 6.92 Å². The lowest BCUT2D eigenvalue weighted by atomic mass is 10.2. The van der Waals surface area contributed by atoms with E-state index in [1.165, 1.54) is 0 Å². The van der Waals surface area contributed by atoms with Crippen LogP contribution in [0.25, 0.3) is 11.5 Å². The van der Waals surface area contributed by atoms with Crippen molar-refractivity contribution >= 4 is 5.82 Å². The van der Waals surface area contributed by atoms with Crippen molar-refractivity contribution in [1.29, 1.82) is 0 Å². The highest BCUT2D eigenvalue weighted by molar-refractivity contribution is 5.61. The quantitative estimate of drug-likeness (QED) is 0.874. The van der Waals surface area contributed by atoms with Gasteiger partial charge in [0.1, 0.15) is 17.3 Å². The van der Waals surface area contributed by atoms with Crippen molar-refractivity contribution in [3.63, 3.8) is 0 Å². The molecule has 17 heavy (non-hydrogen) atoms. The number of anilines is 1. The summed E-state index contributed by atoms with van der Waals surface area (Å²) in [5, 5.41) is 0. The highest BCUT2D eigenvalue weighted by Crippen LogP contribution is 2.23. The number of aryl methyl sites for hydroxylation is 2. The molecule has 0 amide bonds. The Kier molecular flexibility index (Phi) is 3.08. The lowest BCUT2D eigenvalue weighted by molar-refractivity contribution is 0.764. The fourth-order valence-electron chi connectivity index (χ4n) is 1.74. The zero-order valence-electron chi connectivity index (χ0n) is 10.4. The molecule has 0 aliphatic rings. The Bertz CT molecular complexity index is 530. The summed E-state index contributed by atoms with van der Waals surface area (Å²) < 4.78 is 2.05. The van der Waals surface area contributed by atoms with Crippen LogP contribution in [0.5, 0.6) is 0 Å². The molecule has 0 aliphatic carbocycles. The third-order valence-corrected chi connectivity index (χ3v) is 2.81. The number of nitrogens with two attached hydrogens (primary N) is 1. The van der Waals surface area contributed by atoms with Crippen LogP contribution in [0, 0.1) is 6.92 Å². The smallest absolute Gasteiger partial charge is 0.159 e. The van der Waals surface area contributed by atoms with E-state index in [0.29, 0.717) is 5.82 Å². The summed E-state index contributed by atoms with van der Waals surface area (Å²) in [6.07, 6.45) is 4.49. The minimum atomic E-state index is 0.539. The Hall–Kier alpha value is -1.91. The minimum Gasteiger partial charge on any atom is -0.383 e. The first kappa shape index (κ1) is 11.6. The maximum atomic E-state index is 5.91. The standard InChI is InChI=1S/C12H17N5/c1-4-9-15-10(8(3)11(13)16-9)12-14-6-7-17(12)5-2/h6-7H,4-5H2,1-3H3,(H2,13,15,16). The van der Waals surface area contributed by atoms with Gasteiger partial charge in [-0.25, -0.2) is 15.0 Å². The predicted molar refractivity (Wildman–Crippen MR) is 67.5 cm³/mol. The Morgan fingerprint density at radius 3 is 2.71 bits per heavy atom. The molecule has 2 heterocycles. The zero-order valence-corrected chi connectivity index (χ0v) is 10.4. The molecule has 2 N–H and O–H groups in total. The summed E-state index contributed by atoms with van der Waals surface area (Å²) >= 11 is 0. The third kappa shape index (κ3) is 2.00. The van der Waals surface area contributed by atoms with E-state index in [1.807, 2.05) is 24.6 Å². The maximum Gasteiger partial charge on any atom is 0.159 e. The number of aromatic nitrogens is 4. The van der Waals surface area contributed by atoms with E-state index in [-0.39, 0.29) is 0 Å². The molecule has 0 bridgehead atoms. The lowest BCUT2D eigenvalue weighted by Gasteiger charge is -2.10. The van der Waals surface area contributed by atoms with Crippen molar-refractivity contribution in [2.24, 2.45) is 0 Å². The van der Waals surface area contributed by atoms with E-state index in [9.17, 15) is 0 Å². The van der Waals surface area contributed by atoms with Crippen molar-refractivity contribution in [2.45, 2.75) is 33.7 Å². The number of imidazole rings is 1. The van der Waals surface area contributed by atoms with E-state index in [0.717, 1.165) is 35.9 Å². The molecule has 0 radical (unpaired) electrons. The maximum absolute atomic E-state index is 5.91. The normalized spacial score (nSPS) is 10.8. The molecule has 0 fully saturated rings. The second-order valence-corrected chi connectivity index (χ2v) is 3.89. The first-order valence-electron chi connectivity index (χ1n) is 5.81. The molecule has 2 aromatic rings. The van der Waals surface area contributed by atoms with Crippen LogP contribution in [0.2, 0.25) is 0 Å². The van der Waals surface area contributed by atoms with Gasteiger partial charge >= 0.3 is 0 Å². The van der Waals surface area contributed by atoms with Crippen molar-refractivity contribution in [3.05, 3.63) is 23.8 Å². The van der Waals surface area contributed by atoms with Gasteiger partial charge < -0.3 is 10.3 Å². The van der Waals surface area contributed by atoms with Crippen molar-refractivity contribution in [1.82, 2.24) is 19.5 Å². The van der Waals surface area contributed by atoms with E-state index >= 15 is 0 Å². The molecule has 5 nitrogen and oxygen atoms in total. The first-order chi connectivity index (χ1) is 8.17. The number of nitrogens with zero attached hydrogens (tertiary/aromatic N) is 4. The van der Waals surface area contributed by atoms with Gasteiger partial charge in [-0.05, 0) is 13.8 Å². The predicted octanol–water partition coefficient (Wildman–Crippen LogP) is 1.81. The molecular formula is C12H17N5. The molecule has 5 heteroatoms. The molecule has 90 valence electrons. The molecule has 0 atom stereocenters. The van der Waals surface area contributed by atoms with E-state index in [1.54, 1.807) is 6.20 Å². The van der Waals surface area contributed by atoms with Crippen LogP contribution in [-0.4, -0.2) is 19.5 Å². The van der Waals surface area contributed by atoms with Crippen LogP contribution < -0.4 is 5.73 Å². The second-order valence-electron chi connectivity index (χ2n) is 3.89. The van der Waals surface area contributed by atoms with Gasteiger partial charge in [-0.15, -0.1) is 0 Å². The van der Waals surface area contributed by atoms with Gasteiger partial charge in [0.05, 0.1) is 0 Å². The molecule has 2 rings (SSSR count). The molecule has 2 aromatic heterocycles. The van der Waals surface area contributed by atoms with Gasteiger partial charge in [-0.3, -0.25) is 0 Å². The Morgan fingerprint density at radius 1 is 1.29 bits per heavy atom. The molecule has 0 aliphatic heterocycles. The minimum absolute atomic E-state index is 0.539. The van der Waals surface area contributed by atoms with E-state index < -0.39 is 0 Å². The number of rotatable bonds is 3. The summed E-state index contributed by atoms with van der Waals surface area (Å²) in [7, 11) is 0. The Labute approximate surface area is 101 Å². The second kappa shape index (κ2) is 4.53. The topological polar surface area (TPSA) is 69.6 Å². The monoisotopic (exact) mass is 231 g/mol. The highest BCUT2D eigenvalue weighted by atomic mass is 15.1. The first-order valence-corrected chi connectivity index (χ1v) is 5.81. The fraction of sp³-hybridized carbons (Fsp3) is 0.417. The average molecular weight is 231 g/mol. The van der Waals surface area contributed by atoms with Crippen LogP contribution in [0.15, 0.2) is 12.4 Å². The average Bonchev–Trinajstić information content (AvgIpc) is 2.80. The molecular weight excluding hydrogens is 214 g/mol. The molecule has 0 aromatic carbocycles. The van der Waals surface area contributed by atoms with Crippen molar-refractivity contribution in [2.75, 3.05) is 5.73 Å². The lowest BCUT2D eigenvalue weighted by Crippen LogP contribution is -2.07. The summed E-state index contributed by atoms with van der Waals surface area (Å²) in [5.41, 5.74) is 7.63. The summed E-state index contributed by atoms with van der Waals surface area (Å²) in [4.78, 5) is 13.1. The van der Waals surface area contributed by atoms with Crippen LogP contribution in [0.3, 0.4) is 0 Å². The van der Waals surface area contributed by atoms with Crippen molar-refractivity contribution < 1.29 is 0 Å². The van der Waals surface area contributed by atoms with Gasteiger partial charge in [0.15, 0.2) is 5.82 Å². The van der Waals surface area contributed by atoms with Crippen LogP contribution >= 0.6 is 0 Å². The third-order valence-electron chi connectivity index (χ3n) is 2.81. The fourth-order valence-corrected chi connectivity index (χ4v) is 1.74. The summed E-state index contributed by atoms with van der Waals surface area (Å²) in [6.45, 7) is 6.88. The van der Waals surface area contributed by atoms with Crippen LogP contribution in [0.4, 0.5) is 5.82 Å². The number of hydrogen-bond acceptors (Lipinski definition) is 4. The Balaban J connectivity index is 2.62. The SMILES string of the molecule is CCc1nc(N)c(C)c(-c2nccn2CC)n1.